The Morgan fingerprint density at radius 2 is 1.88 bits per heavy atom. The third-order valence-electron chi connectivity index (χ3n) is 4.14. The summed E-state index contributed by atoms with van der Waals surface area (Å²) in [7, 11) is -3.55. The molecule has 1 fully saturated rings. The summed E-state index contributed by atoms with van der Waals surface area (Å²) in [6, 6.07) is 10.3. The van der Waals surface area contributed by atoms with Crippen molar-refractivity contribution < 1.29 is 17.6 Å². The van der Waals surface area contributed by atoms with E-state index in [1.54, 1.807) is 41.3 Å². The molecule has 0 aliphatic carbocycles. The van der Waals surface area contributed by atoms with Crippen LogP contribution in [-0.4, -0.2) is 49.7 Å². The van der Waals surface area contributed by atoms with Crippen molar-refractivity contribution in [2.75, 3.05) is 26.2 Å². The van der Waals surface area contributed by atoms with Crippen LogP contribution in [0.15, 0.2) is 56.3 Å². The van der Waals surface area contributed by atoms with Gasteiger partial charge in [-0.1, -0.05) is 22.0 Å². The second-order valence-electron chi connectivity index (χ2n) is 5.97. The molecule has 0 radical (unpaired) electrons. The summed E-state index contributed by atoms with van der Waals surface area (Å²) < 4.78 is 32.9. The second kappa shape index (κ2) is 7.77. The molecule has 8 heteroatoms. The average Bonchev–Trinajstić information content (AvgIpc) is 3.05. The summed E-state index contributed by atoms with van der Waals surface area (Å²) >= 11 is 3.29. The summed E-state index contributed by atoms with van der Waals surface area (Å²) in [4.78, 5) is 14.2. The second-order valence-corrected chi connectivity index (χ2v) is 8.82. The molecule has 6 nitrogen and oxygen atoms in total. The lowest BCUT2D eigenvalue weighted by Gasteiger charge is -2.33. The zero-order chi connectivity index (χ0) is 18.7. The molecule has 0 unspecified atom stereocenters. The first kappa shape index (κ1) is 18.9. The van der Waals surface area contributed by atoms with Gasteiger partial charge in [0.05, 0.1) is 4.90 Å². The molecule has 1 aliphatic rings. The molecule has 2 heterocycles. The number of piperazine rings is 1. The highest BCUT2D eigenvalue weighted by atomic mass is 79.9. The minimum absolute atomic E-state index is 0.154. The highest BCUT2D eigenvalue weighted by Crippen LogP contribution is 2.21. The predicted octanol–water partition coefficient (Wildman–Crippen LogP) is 2.90. The number of hydrogen-bond acceptors (Lipinski definition) is 4. The van der Waals surface area contributed by atoms with E-state index in [9.17, 15) is 13.2 Å². The molecule has 0 spiro atoms. The van der Waals surface area contributed by atoms with Gasteiger partial charge in [0.1, 0.15) is 11.5 Å². The third kappa shape index (κ3) is 4.25. The summed E-state index contributed by atoms with van der Waals surface area (Å²) in [6.07, 6.45) is 3.08. The number of aryl methyl sites for hydroxylation is 1. The average molecular weight is 439 g/mol. The zero-order valence-corrected chi connectivity index (χ0v) is 16.7. The third-order valence-corrected chi connectivity index (χ3v) is 6.52. The Labute approximate surface area is 161 Å². The molecule has 1 aromatic carbocycles. The van der Waals surface area contributed by atoms with Gasteiger partial charge in [-0.2, -0.15) is 4.31 Å². The maximum Gasteiger partial charge on any atom is 0.246 e. The van der Waals surface area contributed by atoms with Gasteiger partial charge in [-0.15, -0.1) is 0 Å². The van der Waals surface area contributed by atoms with Gasteiger partial charge in [-0.05, 0) is 43.3 Å². The quantitative estimate of drug-likeness (QED) is 0.687. The Kier molecular flexibility index (Phi) is 5.64. The number of benzene rings is 1. The fraction of sp³-hybridized carbons (Fsp3) is 0.278. The lowest BCUT2D eigenvalue weighted by molar-refractivity contribution is -0.127. The van der Waals surface area contributed by atoms with E-state index in [0.717, 1.165) is 5.76 Å². The number of furan rings is 1. The Balaban J connectivity index is 1.61. The van der Waals surface area contributed by atoms with Crippen LogP contribution in [0, 0.1) is 6.92 Å². The van der Waals surface area contributed by atoms with Crippen LogP contribution in [0.3, 0.4) is 0 Å². The molecule has 26 heavy (non-hydrogen) atoms. The van der Waals surface area contributed by atoms with Crippen LogP contribution in [0.5, 0.6) is 0 Å². The van der Waals surface area contributed by atoms with Crippen LogP contribution in [-0.2, 0) is 14.8 Å². The van der Waals surface area contributed by atoms with Crippen LogP contribution in [0.2, 0.25) is 0 Å². The van der Waals surface area contributed by atoms with Crippen LogP contribution in [0.1, 0.15) is 11.5 Å². The number of carbonyl (C=O) groups is 1. The van der Waals surface area contributed by atoms with Gasteiger partial charge < -0.3 is 9.32 Å². The largest absolute Gasteiger partial charge is 0.462 e. The first-order chi connectivity index (χ1) is 12.4. The van der Waals surface area contributed by atoms with E-state index in [1.807, 2.05) is 13.0 Å². The van der Waals surface area contributed by atoms with Crippen molar-refractivity contribution in [3.05, 3.63) is 58.5 Å². The van der Waals surface area contributed by atoms with Gasteiger partial charge >= 0.3 is 0 Å². The normalized spacial score (nSPS) is 16.3. The van der Waals surface area contributed by atoms with Gasteiger partial charge in [0.25, 0.3) is 0 Å². The molecule has 0 bridgehead atoms. The molecular weight excluding hydrogens is 420 g/mol. The van der Waals surface area contributed by atoms with Crippen LogP contribution in [0.25, 0.3) is 6.08 Å². The molecular formula is C18H19BrN2O4S. The molecule has 0 atom stereocenters. The summed E-state index contributed by atoms with van der Waals surface area (Å²) in [6.45, 7) is 3.09. The van der Waals surface area contributed by atoms with Crippen LogP contribution in [0.4, 0.5) is 0 Å². The molecule has 0 saturated carbocycles. The number of carbonyl (C=O) groups excluding carboxylic acids is 1. The van der Waals surface area contributed by atoms with Gasteiger partial charge in [0.2, 0.25) is 15.9 Å². The maximum atomic E-state index is 12.7. The van der Waals surface area contributed by atoms with Crippen LogP contribution < -0.4 is 0 Å². The number of amides is 1. The predicted molar refractivity (Wildman–Crippen MR) is 102 cm³/mol. The Hall–Kier alpha value is -1.90. The lowest BCUT2D eigenvalue weighted by Crippen LogP contribution is -2.50. The van der Waals surface area contributed by atoms with Gasteiger partial charge in [0, 0.05) is 36.7 Å². The van der Waals surface area contributed by atoms with Crippen molar-refractivity contribution >= 4 is 37.9 Å². The van der Waals surface area contributed by atoms with Crippen molar-refractivity contribution in [3.8, 4) is 0 Å². The summed E-state index contributed by atoms with van der Waals surface area (Å²) in [5, 5.41) is 0. The van der Waals surface area contributed by atoms with Gasteiger partial charge in [-0.25, -0.2) is 8.42 Å². The molecule has 1 saturated heterocycles. The first-order valence-electron chi connectivity index (χ1n) is 8.15. The molecule has 0 N–H and O–H groups in total. The van der Waals surface area contributed by atoms with Crippen molar-refractivity contribution in [2.45, 2.75) is 11.8 Å². The number of sulfonamides is 1. The number of nitrogens with zero attached hydrogens (tertiary/aromatic N) is 2. The minimum atomic E-state index is -3.55. The SMILES string of the molecule is Cc1ccc(/C=C/C(=O)N2CCN(S(=O)(=O)c3cccc(Br)c3)CC2)o1. The topological polar surface area (TPSA) is 70.8 Å². The van der Waals surface area contributed by atoms with Crippen molar-refractivity contribution in [1.82, 2.24) is 9.21 Å². The van der Waals surface area contributed by atoms with E-state index in [4.69, 9.17) is 4.42 Å². The standard InChI is InChI=1S/C18H19BrN2O4S/c1-14-5-6-16(25-14)7-8-18(22)20-9-11-21(12-10-20)26(23,24)17-4-2-3-15(19)13-17/h2-8,13H,9-12H2,1H3/b8-7+. The van der Waals surface area contributed by atoms with E-state index in [-0.39, 0.29) is 23.9 Å². The van der Waals surface area contributed by atoms with Crippen molar-refractivity contribution in [3.63, 3.8) is 0 Å². The fourth-order valence-corrected chi connectivity index (χ4v) is 4.75. The summed E-state index contributed by atoms with van der Waals surface area (Å²) in [5.74, 6) is 1.24. The Morgan fingerprint density at radius 1 is 1.15 bits per heavy atom. The van der Waals surface area contributed by atoms with Crippen molar-refractivity contribution in [1.29, 1.82) is 0 Å². The van der Waals surface area contributed by atoms with Crippen molar-refractivity contribution in [2.24, 2.45) is 0 Å². The summed E-state index contributed by atoms with van der Waals surface area (Å²) in [5.41, 5.74) is 0. The van der Waals surface area contributed by atoms with E-state index in [2.05, 4.69) is 15.9 Å². The fourth-order valence-electron chi connectivity index (χ4n) is 2.73. The van der Waals surface area contributed by atoms with Gasteiger partial charge in [-0.3, -0.25) is 4.79 Å². The number of rotatable bonds is 4. The monoisotopic (exact) mass is 438 g/mol. The van der Waals surface area contributed by atoms with E-state index < -0.39 is 10.0 Å². The van der Waals surface area contributed by atoms with E-state index in [0.29, 0.717) is 23.3 Å². The highest BCUT2D eigenvalue weighted by Gasteiger charge is 2.29. The smallest absolute Gasteiger partial charge is 0.246 e. The Morgan fingerprint density at radius 3 is 2.50 bits per heavy atom. The van der Waals surface area contributed by atoms with E-state index >= 15 is 0 Å². The molecule has 1 amide bonds. The Bertz CT molecular complexity index is 928. The maximum absolute atomic E-state index is 12.7. The first-order valence-corrected chi connectivity index (χ1v) is 10.4. The van der Waals surface area contributed by atoms with Gasteiger partial charge in [0.15, 0.2) is 0 Å². The number of halogens is 1. The van der Waals surface area contributed by atoms with E-state index in [1.165, 1.54) is 10.4 Å². The lowest BCUT2D eigenvalue weighted by atomic mass is 10.3. The van der Waals surface area contributed by atoms with Crippen LogP contribution >= 0.6 is 15.9 Å². The highest BCUT2D eigenvalue weighted by molar-refractivity contribution is 9.10. The molecule has 138 valence electrons. The number of hydrogen-bond donors (Lipinski definition) is 0. The molecule has 1 aromatic heterocycles. The minimum Gasteiger partial charge on any atom is -0.462 e. The molecule has 1 aliphatic heterocycles. The molecule has 2 aromatic rings. The zero-order valence-electron chi connectivity index (χ0n) is 14.3. The molecule has 3 rings (SSSR count).